The molecular weight excluding hydrogens is 773 g/mol. The second-order valence-electron chi connectivity index (χ2n) is 17.3. The van der Waals surface area contributed by atoms with Crippen LogP contribution in [0.3, 0.4) is 0 Å². The van der Waals surface area contributed by atoms with E-state index in [1.165, 1.54) is 94.5 Å². The number of nitrogens with zero attached hydrogens (tertiary/aromatic N) is 2. The second kappa shape index (κ2) is 17.8. The van der Waals surface area contributed by atoms with Gasteiger partial charge in [-0.25, -0.2) is 0 Å². The zero-order valence-corrected chi connectivity index (χ0v) is 36.3. The van der Waals surface area contributed by atoms with Crippen LogP contribution in [0.5, 0.6) is 0 Å². The van der Waals surface area contributed by atoms with Gasteiger partial charge in [0.25, 0.3) is 0 Å². The molecule has 0 fully saturated rings. The third-order valence-corrected chi connectivity index (χ3v) is 13.4. The van der Waals surface area contributed by atoms with Crippen LogP contribution in [0.4, 0.5) is 17.1 Å². The number of rotatable bonds is 10. The van der Waals surface area contributed by atoms with E-state index in [-0.39, 0.29) is 6.04 Å². The Morgan fingerprint density at radius 2 is 1.17 bits per heavy atom. The van der Waals surface area contributed by atoms with Crippen molar-refractivity contribution in [1.82, 2.24) is 0 Å². The summed E-state index contributed by atoms with van der Waals surface area (Å²) in [6, 6.07) is 60.1. The average molecular weight is 825 g/mol. The summed E-state index contributed by atoms with van der Waals surface area (Å²) in [5.74, 6) is 0. The van der Waals surface area contributed by atoms with Gasteiger partial charge in [-0.1, -0.05) is 176 Å². The van der Waals surface area contributed by atoms with Crippen molar-refractivity contribution in [2.24, 2.45) is 0 Å². The molecule has 310 valence electrons. The molecule has 2 nitrogen and oxygen atoms in total. The van der Waals surface area contributed by atoms with Gasteiger partial charge in [-0.2, -0.15) is 0 Å². The minimum atomic E-state index is 0.205. The molecule has 64 heavy (non-hydrogen) atoms. The quantitative estimate of drug-likeness (QED) is 0.136. The molecule has 0 spiro atoms. The molecule has 0 aliphatic heterocycles. The maximum absolute atomic E-state index is 2.60. The zero-order valence-electron chi connectivity index (χ0n) is 36.3. The van der Waals surface area contributed by atoms with Crippen molar-refractivity contribution in [2.45, 2.75) is 51.0 Å². The predicted molar refractivity (Wildman–Crippen MR) is 274 cm³/mol. The Balaban J connectivity index is 0.920. The van der Waals surface area contributed by atoms with Gasteiger partial charge in [0.2, 0.25) is 0 Å². The molecule has 7 aromatic carbocycles. The van der Waals surface area contributed by atoms with E-state index in [2.05, 4.69) is 234 Å². The number of para-hydroxylation sites is 2. The van der Waals surface area contributed by atoms with Gasteiger partial charge in [-0.05, 0) is 154 Å². The van der Waals surface area contributed by atoms with Gasteiger partial charge < -0.3 is 9.80 Å². The number of benzene rings is 7. The van der Waals surface area contributed by atoms with E-state index in [9.17, 15) is 0 Å². The third-order valence-electron chi connectivity index (χ3n) is 13.4. The number of hydrogen-bond acceptors (Lipinski definition) is 2. The lowest BCUT2D eigenvalue weighted by Crippen LogP contribution is -2.34. The third kappa shape index (κ3) is 7.82. The molecule has 1 atom stereocenters. The molecule has 0 saturated carbocycles. The van der Waals surface area contributed by atoms with Crippen molar-refractivity contribution in [3.05, 3.63) is 258 Å². The lowest BCUT2D eigenvalue weighted by molar-refractivity contribution is 0.755. The summed E-state index contributed by atoms with van der Waals surface area (Å²) >= 11 is 0. The van der Waals surface area contributed by atoms with Gasteiger partial charge in [-0.3, -0.25) is 0 Å². The number of allylic oxidation sites excluding steroid dienone is 12. The Bertz CT molecular complexity index is 3120. The Labute approximate surface area is 378 Å². The smallest absolute Gasteiger partial charge is 0.0560 e. The van der Waals surface area contributed by atoms with Crippen LogP contribution in [-0.4, -0.2) is 6.04 Å². The Morgan fingerprint density at radius 3 is 1.98 bits per heavy atom. The van der Waals surface area contributed by atoms with E-state index in [0.717, 1.165) is 44.9 Å². The minimum absolute atomic E-state index is 0.205. The van der Waals surface area contributed by atoms with E-state index in [4.69, 9.17) is 0 Å². The molecule has 4 aliphatic rings. The van der Waals surface area contributed by atoms with Gasteiger partial charge in [-0.15, -0.1) is 0 Å². The molecule has 0 bridgehead atoms. The first-order chi connectivity index (χ1) is 31.7. The van der Waals surface area contributed by atoms with Crippen molar-refractivity contribution in [2.75, 3.05) is 9.80 Å². The van der Waals surface area contributed by atoms with Crippen molar-refractivity contribution in [3.63, 3.8) is 0 Å². The summed E-state index contributed by atoms with van der Waals surface area (Å²) in [5.41, 5.74) is 16.8. The molecule has 0 N–H and O–H groups in total. The summed E-state index contributed by atoms with van der Waals surface area (Å²) in [5, 5.41) is 5.12. The van der Waals surface area contributed by atoms with Crippen molar-refractivity contribution >= 4 is 49.8 Å². The average Bonchev–Trinajstić information content (AvgIpc) is 3.38. The summed E-state index contributed by atoms with van der Waals surface area (Å²) < 4.78 is 0. The minimum Gasteiger partial charge on any atom is -0.334 e. The van der Waals surface area contributed by atoms with Gasteiger partial charge >= 0.3 is 0 Å². The van der Waals surface area contributed by atoms with E-state index >= 15 is 0 Å². The maximum atomic E-state index is 2.60. The molecule has 0 radical (unpaired) electrons. The van der Waals surface area contributed by atoms with Crippen LogP contribution in [0.2, 0.25) is 0 Å². The number of hydrogen-bond donors (Lipinski definition) is 0. The summed E-state index contributed by atoms with van der Waals surface area (Å²) in [6.45, 7) is 0. The molecule has 2 heteroatoms. The van der Waals surface area contributed by atoms with Gasteiger partial charge in [0.05, 0.1) is 6.04 Å². The van der Waals surface area contributed by atoms with Crippen LogP contribution in [0.25, 0.3) is 43.8 Å². The Kier molecular flexibility index (Phi) is 10.9. The monoisotopic (exact) mass is 824 g/mol. The number of anilines is 3. The van der Waals surface area contributed by atoms with Crippen molar-refractivity contribution < 1.29 is 0 Å². The van der Waals surface area contributed by atoms with E-state index in [1.807, 2.05) is 0 Å². The molecule has 7 aromatic rings. The molecule has 1 unspecified atom stereocenters. The van der Waals surface area contributed by atoms with Crippen LogP contribution in [-0.2, 0) is 0 Å². The van der Waals surface area contributed by atoms with Crippen LogP contribution in [0.1, 0.15) is 56.1 Å². The SMILES string of the molecule is C1=CC(N(c2ccccc2C2=CC=C(C3=C(N(c4ccccc4)c4ccc(-c5ccc6ccccc6c5)cc4)C=CCC3)CC2)C2C=CC(c3cccc4ccccc34)=CC2)=CCC1. The number of fused-ring (bicyclic) bond motifs is 2. The van der Waals surface area contributed by atoms with Crippen LogP contribution < -0.4 is 9.80 Å². The lowest BCUT2D eigenvalue weighted by Gasteiger charge is -2.37. The van der Waals surface area contributed by atoms with E-state index in [1.54, 1.807) is 0 Å². The van der Waals surface area contributed by atoms with Gasteiger partial charge in [0.1, 0.15) is 0 Å². The lowest BCUT2D eigenvalue weighted by atomic mass is 9.85. The highest BCUT2D eigenvalue weighted by Gasteiger charge is 2.27. The molecule has 0 amide bonds. The van der Waals surface area contributed by atoms with E-state index < -0.39 is 0 Å². The summed E-state index contributed by atoms with van der Waals surface area (Å²) in [4.78, 5) is 5.07. The first-order valence-corrected chi connectivity index (χ1v) is 23.1. The van der Waals surface area contributed by atoms with Crippen LogP contribution >= 0.6 is 0 Å². The van der Waals surface area contributed by atoms with Gasteiger partial charge in [0, 0.05) is 34.0 Å². The highest BCUT2D eigenvalue weighted by Crippen LogP contribution is 2.43. The molecule has 0 saturated heterocycles. The van der Waals surface area contributed by atoms with Gasteiger partial charge in [0.15, 0.2) is 0 Å². The zero-order chi connectivity index (χ0) is 42.7. The maximum Gasteiger partial charge on any atom is 0.0560 e. The second-order valence-corrected chi connectivity index (χ2v) is 17.3. The van der Waals surface area contributed by atoms with Crippen LogP contribution in [0.15, 0.2) is 247 Å². The molecule has 11 rings (SSSR count). The topological polar surface area (TPSA) is 6.48 Å². The fraction of sp³-hybridized carbons (Fsp3) is 0.129. The largest absolute Gasteiger partial charge is 0.334 e. The first-order valence-electron chi connectivity index (χ1n) is 23.1. The normalized spacial score (nSPS) is 17.2. The van der Waals surface area contributed by atoms with Crippen molar-refractivity contribution in [1.29, 1.82) is 0 Å². The molecule has 0 aromatic heterocycles. The predicted octanol–water partition coefficient (Wildman–Crippen LogP) is 16.7. The Morgan fingerprint density at radius 1 is 0.469 bits per heavy atom. The van der Waals surface area contributed by atoms with E-state index in [0.29, 0.717) is 0 Å². The first kappa shape index (κ1) is 39.4. The standard InChI is InChI=1S/C62H52N2/c1-3-20-53(21-4-1)63(55-40-36-46(37-41-55)52-35-30-45-16-7-8-18-51(45)44-52)61-28-13-11-25-59(61)49-31-33-50(34-32-49)60-26-12-14-29-62(60)64(54-22-5-2-6-23-54)56-42-38-48(39-43-56)58-27-15-19-47-17-9-10-24-57(47)58/h1,3-5,7-10,12-24,26-31,33,35-42,44,56H,2,6,11,25,32,34,43H2. The van der Waals surface area contributed by atoms with Crippen LogP contribution in [0, 0.1) is 0 Å². The molecule has 0 heterocycles. The highest BCUT2D eigenvalue weighted by atomic mass is 15.2. The summed E-state index contributed by atoms with van der Waals surface area (Å²) in [7, 11) is 0. The summed E-state index contributed by atoms with van der Waals surface area (Å²) in [6.07, 6.45) is 31.1. The van der Waals surface area contributed by atoms with Crippen molar-refractivity contribution in [3.8, 4) is 11.1 Å². The molecule has 4 aliphatic carbocycles. The fourth-order valence-corrected chi connectivity index (χ4v) is 10.2. The Hall–Kier alpha value is -7.42. The highest BCUT2D eigenvalue weighted by molar-refractivity contribution is 5.96. The fourth-order valence-electron chi connectivity index (χ4n) is 10.2. The molecular formula is C62H52N2.